The van der Waals surface area contributed by atoms with E-state index >= 15 is 0 Å². The van der Waals surface area contributed by atoms with Gasteiger partial charge in [-0.1, -0.05) is 0 Å². The fourth-order valence-corrected chi connectivity index (χ4v) is 1.82. The lowest BCUT2D eigenvalue weighted by Crippen LogP contribution is -2.15. The second kappa shape index (κ2) is 4.76. The van der Waals surface area contributed by atoms with Crippen LogP contribution < -0.4 is 11.1 Å². The Bertz CT molecular complexity index is 341. The highest BCUT2D eigenvalue weighted by molar-refractivity contribution is 9.10. The van der Waals surface area contributed by atoms with Gasteiger partial charge in [0.1, 0.15) is 5.82 Å². The Kier molecular flexibility index (Phi) is 3.37. The molecule has 2 heterocycles. The van der Waals surface area contributed by atoms with Crippen molar-refractivity contribution in [1.29, 1.82) is 0 Å². The number of nitrogens with zero attached hydrogens (tertiary/aromatic N) is 2. The Labute approximate surface area is 96.6 Å². The predicted molar refractivity (Wildman–Crippen MR) is 61.6 cm³/mol. The number of hydrogen-bond acceptors (Lipinski definition) is 5. The van der Waals surface area contributed by atoms with Gasteiger partial charge in [-0.2, -0.15) is 4.98 Å². The van der Waals surface area contributed by atoms with Crippen molar-refractivity contribution < 1.29 is 4.74 Å². The van der Waals surface area contributed by atoms with Crippen LogP contribution in [0.2, 0.25) is 0 Å². The van der Waals surface area contributed by atoms with Crippen LogP contribution in [0.1, 0.15) is 6.42 Å². The minimum atomic E-state index is 0.281. The maximum atomic E-state index is 5.50. The van der Waals surface area contributed by atoms with Gasteiger partial charge in [0, 0.05) is 25.3 Å². The Morgan fingerprint density at radius 2 is 2.53 bits per heavy atom. The third-order valence-electron chi connectivity index (χ3n) is 2.34. The molecule has 0 saturated carbocycles. The summed E-state index contributed by atoms with van der Waals surface area (Å²) in [6.45, 7) is 2.54. The number of anilines is 2. The quantitative estimate of drug-likeness (QED) is 0.867. The van der Waals surface area contributed by atoms with Gasteiger partial charge in [-0.25, -0.2) is 4.98 Å². The van der Waals surface area contributed by atoms with Gasteiger partial charge in [-0.15, -0.1) is 0 Å². The third kappa shape index (κ3) is 2.79. The topological polar surface area (TPSA) is 73.1 Å². The molecule has 0 aliphatic carbocycles. The lowest BCUT2D eigenvalue weighted by molar-refractivity contribution is 0.187. The summed E-state index contributed by atoms with van der Waals surface area (Å²) in [5.74, 6) is 1.59. The molecule has 82 valence electrons. The smallest absolute Gasteiger partial charge is 0.221 e. The van der Waals surface area contributed by atoms with E-state index in [2.05, 4.69) is 31.2 Å². The highest BCUT2D eigenvalue weighted by Gasteiger charge is 2.15. The highest BCUT2D eigenvalue weighted by atomic mass is 79.9. The minimum absolute atomic E-state index is 0.281. The normalized spacial score (nSPS) is 20.5. The zero-order valence-electron chi connectivity index (χ0n) is 8.24. The van der Waals surface area contributed by atoms with Crippen molar-refractivity contribution in [3.05, 3.63) is 10.7 Å². The van der Waals surface area contributed by atoms with Crippen LogP contribution >= 0.6 is 15.9 Å². The molecular formula is C9H13BrN4O. The molecule has 1 atom stereocenters. The van der Waals surface area contributed by atoms with Crippen LogP contribution in [-0.2, 0) is 4.74 Å². The SMILES string of the molecule is Nc1ncc(Br)c(NCC2CCOC2)n1. The molecular weight excluding hydrogens is 260 g/mol. The van der Waals surface area contributed by atoms with Crippen molar-refractivity contribution in [2.45, 2.75) is 6.42 Å². The van der Waals surface area contributed by atoms with Crippen LogP contribution in [0.5, 0.6) is 0 Å². The van der Waals surface area contributed by atoms with Crippen LogP contribution in [-0.4, -0.2) is 29.7 Å². The summed E-state index contributed by atoms with van der Waals surface area (Å²) in [4.78, 5) is 7.98. The molecule has 0 bridgehead atoms. The van der Waals surface area contributed by atoms with E-state index in [0.717, 1.165) is 36.5 Å². The summed E-state index contributed by atoms with van der Waals surface area (Å²) in [6.07, 6.45) is 2.75. The van der Waals surface area contributed by atoms with E-state index in [4.69, 9.17) is 10.5 Å². The van der Waals surface area contributed by atoms with Crippen LogP contribution in [0.4, 0.5) is 11.8 Å². The number of nitrogens with two attached hydrogens (primary N) is 1. The number of ether oxygens (including phenoxy) is 1. The fourth-order valence-electron chi connectivity index (χ4n) is 1.49. The molecule has 1 aromatic heterocycles. The van der Waals surface area contributed by atoms with Crippen LogP contribution in [0.25, 0.3) is 0 Å². The molecule has 3 N–H and O–H groups in total. The summed E-state index contributed by atoms with van der Waals surface area (Å²) in [7, 11) is 0. The van der Waals surface area contributed by atoms with Gasteiger partial charge in [-0.3, -0.25) is 0 Å². The number of nitrogens with one attached hydrogen (secondary N) is 1. The van der Waals surface area contributed by atoms with Gasteiger partial charge in [0.2, 0.25) is 5.95 Å². The van der Waals surface area contributed by atoms with Crippen molar-refractivity contribution in [3.63, 3.8) is 0 Å². The standard InChI is InChI=1S/C9H13BrN4O/c10-7-4-13-9(11)14-8(7)12-3-6-1-2-15-5-6/h4,6H,1-3,5H2,(H3,11,12,13,14). The molecule has 6 heteroatoms. The monoisotopic (exact) mass is 272 g/mol. The van der Waals surface area contributed by atoms with E-state index in [-0.39, 0.29) is 5.95 Å². The summed E-state index contributed by atoms with van der Waals surface area (Å²) in [6, 6.07) is 0. The molecule has 1 aliphatic heterocycles. The van der Waals surface area contributed by atoms with Crippen LogP contribution in [0, 0.1) is 5.92 Å². The van der Waals surface area contributed by atoms with Gasteiger partial charge in [0.05, 0.1) is 11.1 Å². The first-order chi connectivity index (χ1) is 7.25. The highest BCUT2D eigenvalue weighted by Crippen LogP contribution is 2.20. The van der Waals surface area contributed by atoms with E-state index in [1.807, 2.05) is 0 Å². The maximum absolute atomic E-state index is 5.50. The molecule has 2 rings (SSSR count). The first-order valence-electron chi connectivity index (χ1n) is 4.85. The van der Waals surface area contributed by atoms with Gasteiger partial charge in [0.15, 0.2) is 0 Å². The lowest BCUT2D eigenvalue weighted by Gasteiger charge is -2.11. The molecule has 1 aromatic rings. The molecule has 0 radical (unpaired) electrons. The minimum Gasteiger partial charge on any atom is -0.381 e. The van der Waals surface area contributed by atoms with Gasteiger partial charge >= 0.3 is 0 Å². The number of rotatable bonds is 3. The van der Waals surface area contributed by atoms with Gasteiger partial charge in [0.25, 0.3) is 0 Å². The first-order valence-corrected chi connectivity index (χ1v) is 5.64. The maximum Gasteiger partial charge on any atom is 0.221 e. The fraction of sp³-hybridized carbons (Fsp3) is 0.556. The average molecular weight is 273 g/mol. The molecule has 15 heavy (non-hydrogen) atoms. The molecule has 5 nitrogen and oxygen atoms in total. The van der Waals surface area contributed by atoms with Crippen molar-refractivity contribution in [2.75, 3.05) is 30.8 Å². The number of halogens is 1. The molecule has 0 aromatic carbocycles. The second-order valence-electron chi connectivity index (χ2n) is 3.54. The summed E-state index contributed by atoms with van der Waals surface area (Å²) < 4.78 is 6.12. The van der Waals surface area contributed by atoms with Crippen molar-refractivity contribution >= 4 is 27.7 Å². The number of nitrogen functional groups attached to an aromatic ring is 1. The zero-order valence-corrected chi connectivity index (χ0v) is 9.83. The predicted octanol–water partition coefficient (Wildman–Crippen LogP) is 1.27. The lowest BCUT2D eigenvalue weighted by atomic mass is 10.1. The van der Waals surface area contributed by atoms with E-state index in [0.29, 0.717) is 5.92 Å². The Hall–Kier alpha value is -0.880. The zero-order chi connectivity index (χ0) is 10.7. The molecule has 1 aliphatic rings. The van der Waals surface area contributed by atoms with E-state index in [1.165, 1.54) is 0 Å². The first kappa shape index (κ1) is 10.6. The van der Waals surface area contributed by atoms with Crippen molar-refractivity contribution in [1.82, 2.24) is 9.97 Å². The molecule has 1 fully saturated rings. The average Bonchev–Trinajstić information content (AvgIpc) is 2.72. The molecule has 0 spiro atoms. The number of hydrogen-bond donors (Lipinski definition) is 2. The van der Waals surface area contributed by atoms with E-state index < -0.39 is 0 Å². The second-order valence-corrected chi connectivity index (χ2v) is 4.39. The number of aromatic nitrogens is 2. The molecule has 1 saturated heterocycles. The van der Waals surface area contributed by atoms with E-state index in [9.17, 15) is 0 Å². The Morgan fingerprint density at radius 1 is 1.67 bits per heavy atom. The van der Waals surface area contributed by atoms with Gasteiger partial charge in [-0.05, 0) is 22.4 Å². The largest absolute Gasteiger partial charge is 0.381 e. The summed E-state index contributed by atoms with van der Waals surface area (Å²) in [5.41, 5.74) is 5.50. The van der Waals surface area contributed by atoms with E-state index in [1.54, 1.807) is 6.20 Å². The molecule has 0 amide bonds. The third-order valence-corrected chi connectivity index (χ3v) is 2.93. The van der Waals surface area contributed by atoms with Crippen molar-refractivity contribution in [2.24, 2.45) is 5.92 Å². The summed E-state index contributed by atoms with van der Waals surface area (Å²) >= 11 is 3.37. The van der Waals surface area contributed by atoms with Crippen LogP contribution in [0.3, 0.4) is 0 Å². The molecule has 1 unspecified atom stereocenters. The van der Waals surface area contributed by atoms with Gasteiger partial charge < -0.3 is 15.8 Å². The Morgan fingerprint density at radius 3 is 3.27 bits per heavy atom. The van der Waals surface area contributed by atoms with Crippen molar-refractivity contribution in [3.8, 4) is 0 Å². The van der Waals surface area contributed by atoms with Crippen LogP contribution in [0.15, 0.2) is 10.7 Å². The Balaban J connectivity index is 1.94. The summed E-state index contributed by atoms with van der Waals surface area (Å²) in [5, 5.41) is 3.24.